The number of hydrogen-bond donors (Lipinski definition) is 1. The third-order valence-electron chi connectivity index (χ3n) is 4.47. The molecule has 1 aromatic carbocycles. The highest BCUT2D eigenvalue weighted by Crippen LogP contribution is 2.35. The van der Waals surface area contributed by atoms with Crippen LogP contribution in [-0.2, 0) is 22.3 Å². The van der Waals surface area contributed by atoms with Crippen LogP contribution in [0.25, 0.3) is 5.65 Å². The molecule has 3 aromatic rings. The second-order valence-corrected chi connectivity index (χ2v) is 6.98. The second kappa shape index (κ2) is 8.65. The van der Waals surface area contributed by atoms with Crippen molar-refractivity contribution < 1.29 is 27.6 Å². The van der Waals surface area contributed by atoms with E-state index in [0.29, 0.717) is 17.8 Å². The molecule has 12 heteroatoms. The van der Waals surface area contributed by atoms with Crippen molar-refractivity contribution in [1.29, 1.82) is 0 Å². The van der Waals surface area contributed by atoms with Crippen molar-refractivity contribution in [2.75, 3.05) is 5.32 Å². The predicted octanol–water partition coefficient (Wildman–Crippen LogP) is 3.47. The van der Waals surface area contributed by atoms with Crippen LogP contribution in [0.2, 0.25) is 0 Å². The molecule has 0 fully saturated rings. The Labute approximate surface area is 178 Å². The molecule has 2 heterocycles. The van der Waals surface area contributed by atoms with Gasteiger partial charge < -0.3 is 10.1 Å². The number of ether oxygens (including phenoxy) is 1. The minimum absolute atomic E-state index is 0.194. The first kappa shape index (κ1) is 22.7. The van der Waals surface area contributed by atoms with Gasteiger partial charge in [-0.15, -0.1) is 0 Å². The second-order valence-electron chi connectivity index (χ2n) is 6.98. The minimum atomic E-state index is -4.75. The molecule has 3 rings (SSSR count). The number of rotatable bonds is 6. The average Bonchev–Trinajstić information content (AvgIpc) is 2.71. The first-order chi connectivity index (χ1) is 15.0. The standard InChI is InChI=1S/C20H17F3N4O5/c1-11-3-6-17-25-14(8-18(28)26(17)9-11)10-32-19(29)12(2)24-15-5-4-13(20(21,22)23)7-16(15)27(30)31/h3-9,12,24H,10H2,1-2H3/t12-/m0/s1. The molecule has 0 aliphatic carbocycles. The number of carbonyl (C=O) groups is 1. The number of halogens is 3. The topological polar surface area (TPSA) is 116 Å². The number of hydrogen-bond acceptors (Lipinski definition) is 7. The Morgan fingerprint density at radius 1 is 1.28 bits per heavy atom. The summed E-state index contributed by atoms with van der Waals surface area (Å²) in [4.78, 5) is 38.9. The molecule has 0 unspecified atom stereocenters. The number of alkyl halides is 3. The van der Waals surface area contributed by atoms with Crippen LogP contribution in [0, 0.1) is 17.0 Å². The normalized spacial score (nSPS) is 12.4. The van der Waals surface area contributed by atoms with Crippen LogP contribution in [0.5, 0.6) is 0 Å². The van der Waals surface area contributed by atoms with Gasteiger partial charge >= 0.3 is 12.1 Å². The number of pyridine rings is 1. The van der Waals surface area contributed by atoms with Crippen LogP contribution in [0.3, 0.4) is 0 Å². The smallest absolute Gasteiger partial charge is 0.416 e. The summed E-state index contributed by atoms with van der Waals surface area (Å²) in [6.45, 7) is 2.81. The van der Waals surface area contributed by atoms with Gasteiger partial charge in [-0.25, -0.2) is 9.78 Å². The third kappa shape index (κ3) is 5.02. The summed E-state index contributed by atoms with van der Waals surface area (Å²) < 4.78 is 44.9. The van der Waals surface area contributed by atoms with Crippen LogP contribution in [0.15, 0.2) is 47.4 Å². The molecule has 0 aliphatic rings. The summed E-state index contributed by atoms with van der Waals surface area (Å²) in [7, 11) is 0. The van der Waals surface area contributed by atoms with Crippen molar-refractivity contribution in [2.45, 2.75) is 32.7 Å². The van der Waals surface area contributed by atoms with Crippen LogP contribution >= 0.6 is 0 Å². The summed E-state index contributed by atoms with van der Waals surface area (Å²) in [5.74, 6) is -0.842. The van der Waals surface area contributed by atoms with Crippen molar-refractivity contribution in [1.82, 2.24) is 9.38 Å². The number of carbonyl (C=O) groups excluding carboxylic acids is 1. The van der Waals surface area contributed by atoms with Crippen molar-refractivity contribution in [3.63, 3.8) is 0 Å². The van der Waals surface area contributed by atoms with Gasteiger partial charge in [0.25, 0.3) is 11.2 Å². The van der Waals surface area contributed by atoms with Gasteiger partial charge in [0.05, 0.1) is 16.2 Å². The number of benzene rings is 1. The number of nitro benzene ring substituents is 1. The lowest BCUT2D eigenvalue weighted by atomic mass is 10.1. The van der Waals surface area contributed by atoms with E-state index in [0.717, 1.165) is 11.6 Å². The van der Waals surface area contributed by atoms with Crippen molar-refractivity contribution in [3.05, 3.63) is 79.9 Å². The fourth-order valence-electron chi connectivity index (χ4n) is 2.88. The molecule has 32 heavy (non-hydrogen) atoms. The number of esters is 1. The molecule has 0 aliphatic heterocycles. The number of nitro groups is 1. The number of anilines is 1. The molecular weight excluding hydrogens is 433 g/mol. The van der Waals surface area contributed by atoms with Gasteiger partial charge in [0.15, 0.2) is 0 Å². The molecule has 0 saturated carbocycles. The maximum atomic E-state index is 12.8. The molecule has 9 nitrogen and oxygen atoms in total. The number of aryl methyl sites for hydroxylation is 1. The molecule has 2 aromatic heterocycles. The lowest BCUT2D eigenvalue weighted by Crippen LogP contribution is -2.29. The van der Waals surface area contributed by atoms with Gasteiger partial charge in [-0.1, -0.05) is 6.07 Å². The van der Waals surface area contributed by atoms with E-state index in [4.69, 9.17) is 4.74 Å². The maximum absolute atomic E-state index is 12.8. The Kier molecular flexibility index (Phi) is 6.14. The summed E-state index contributed by atoms with van der Waals surface area (Å²) in [6, 6.07) is 5.40. The number of nitrogens with zero attached hydrogens (tertiary/aromatic N) is 3. The van der Waals surface area contributed by atoms with E-state index in [2.05, 4.69) is 10.3 Å². The SMILES string of the molecule is Cc1ccc2nc(COC(=O)[C@H](C)Nc3ccc(C(F)(F)F)cc3[N+](=O)[O-])cc(=O)n2c1. The molecular formula is C20H17F3N4O5. The zero-order chi connectivity index (χ0) is 23.6. The summed E-state index contributed by atoms with van der Waals surface area (Å²) in [5, 5.41) is 13.6. The maximum Gasteiger partial charge on any atom is 0.416 e. The Bertz CT molecular complexity index is 1260. The highest BCUT2D eigenvalue weighted by atomic mass is 19.4. The largest absolute Gasteiger partial charge is 0.458 e. The van der Waals surface area contributed by atoms with Gasteiger partial charge in [0.2, 0.25) is 0 Å². The van der Waals surface area contributed by atoms with E-state index >= 15 is 0 Å². The lowest BCUT2D eigenvalue weighted by molar-refractivity contribution is -0.384. The van der Waals surface area contributed by atoms with E-state index in [1.54, 1.807) is 18.3 Å². The first-order valence-corrected chi connectivity index (χ1v) is 9.23. The van der Waals surface area contributed by atoms with Gasteiger partial charge in [0.1, 0.15) is 24.0 Å². The molecule has 0 radical (unpaired) electrons. The third-order valence-corrected chi connectivity index (χ3v) is 4.47. The summed E-state index contributed by atoms with van der Waals surface area (Å²) in [6.07, 6.45) is -3.14. The number of nitrogens with one attached hydrogen (secondary N) is 1. The van der Waals surface area contributed by atoms with Crippen LogP contribution in [0.1, 0.15) is 23.7 Å². The zero-order valence-electron chi connectivity index (χ0n) is 16.8. The molecule has 0 amide bonds. The van der Waals surface area contributed by atoms with E-state index in [1.165, 1.54) is 17.4 Å². The molecule has 0 saturated heterocycles. The van der Waals surface area contributed by atoms with Crippen molar-refractivity contribution in [3.8, 4) is 0 Å². The molecule has 0 spiro atoms. The van der Waals surface area contributed by atoms with Crippen molar-refractivity contribution >= 4 is 23.0 Å². The first-order valence-electron chi connectivity index (χ1n) is 9.23. The number of aromatic nitrogens is 2. The number of fused-ring (bicyclic) bond motifs is 1. The molecule has 168 valence electrons. The Hall–Kier alpha value is -3.96. The van der Waals surface area contributed by atoms with Crippen LogP contribution in [0.4, 0.5) is 24.5 Å². The van der Waals surface area contributed by atoms with Gasteiger partial charge in [-0.2, -0.15) is 13.2 Å². The molecule has 1 atom stereocenters. The Morgan fingerprint density at radius 2 is 2.00 bits per heavy atom. The lowest BCUT2D eigenvalue weighted by Gasteiger charge is -2.15. The molecule has 0 bridgehead atoms. The highest BCUT2D eigenvalue weighted by Gasteiger charge is 2.33. The minimum Gasteiger partial charge on any atom is -0.458 e. The summed E-state index contributed by atoms with van der Waals surface area (Å²) >= 11 is 0. The zero-order valence-corrected chi connectivity index (χ0v) is 16.8. The monoisotopic (exact) mass is 450 g/mol. The van der Waals surface area contributed by atoms with Gasteiger partial charge in [-0.05, 0) is 37.6 Å². The predicted molar refractivity (Wildman–Crippen MR) is 107 cm³/mol. The molecule has 1 N–H and O–H groups in total. The van der Waals surface area contributed by atoms with Crippen molar-refractivity contribution in [2.24, 2.45) is 0 Å². The van der Waals surface area contributed by atoms with E-state index in [1.807, 2.05) is 6.92 Å². The quantitative estimate of drug-likeness (QED) is 0.347. The summed E-state index contributed by atoms with van der Waals surface area (Å²) in [5.41, 5.74) is -1.24. The fraction of sp³-hybridized carbons (Fsp3) is 0.250. The van der Waals surface area contributed by atoms with Crippen LogP contribution < -0.4 is 10.9 Å². The fourth-order valence-corrected chi connectivity index (χ4v) is 2.88. The Balaban J connectivity index is 1.72. The average molecular weight is 450 g/mol. The van der Waals surface area contributed by atoms with E-state index < -0.39 is 34.4 Å². The highest BCUT2D eigenvalue weighted by molar-refractivity contribution is 5.80. The van der Waals surface area contributed by atoms with Crippen LogP contribution in [-0.4, -0.2) is 26.3 Å². The van der Waals surface area contributed by atoms with Gasteiger partial charge in [-0.3, -0.25) is 19.3 Å². The Morgan fingerprint density at radius 3 is 2.66 bits per heavy atom. The van der Waals surface area contributed by atoms with E-state index in [-0.39, 0.29) is 23.5 Å². The van der Waals surface area contributed by atoms with Gasteiger partial charge in [0, 0.05) is 18.3 Å². The van der Waals surface area contributed by atoms with E-state index in [9.17, 15) is 32.9 Å².